The lowest BCUT2D eigenvalue weighted by atomic mass is 10.0. The second-order valence-corrected chi connectivity index (χ2v) is 5.85. The van der Waals surface area contributed by atoms with E-state index in [0.29, 0.717) is 29.5 Å². The molecule has 0 saturated carbocycles. The number of nitrogens with one attached hydrogen (secondary N) is 1. The number of aliphatic hydroxyl groups is 1. The average molecular weight is 299 g/mol. The van der Waals surface area contributed by atoms with Crippen molar-refractivity contribution in [2.45, 2.75) is 25.6 Å². The van der Waals surface area contributed by atoms with Crippen LogP contribution in [0.5, 0.6) is 0 Å². The van der Waals surface area contributed by atoms with E-state index < -0.39 is 5.60 Å². The minimum Gasteiger partial charge on any atom is -0.394 e. The number of aromatic nitrogens is 1. The summed E-state index contributed by atoms with van der Waals surface area (Å²) in [6, 6.07) is 1.61. The fourth-order valence-corrected chi connectivity index (χ4v) is 2.75. The van der Waals surface area contributed by atoms with Gasteiger partial charge in [-0.3, -0.25) is 5.41 Å². The van der Waals surface area contributed by atoms with Gasteiger partial charge in [-0.15, -0.1) is 0 Å². The minimum absolute atomic E-state index is 0.0655. The number of nitrogens with zero attached hydrogens (tertiary/aromatic N) is 2. The SMILES string of the molecule is CC1(C)CN(c2nccc(C(=N)N)c2Cl)CC(CO)O1. The number of nitrogens with two attached hydrogens (primary N) is 1. The van der Waals surface area contributed by atoms with Crippen LogP contribution in [-0.4, -0.2) is 47.3 Å². The third-order valence-corrected chi connectivity index (χ3v) is 3.52. The smallest absolute Gasteiger partial charge is 0.148 e. The van der Waals surface area contributed by atoms with Gasteiger partial charge in [0, 0.05) is 24.8 Å². The standard InChI is InChI=1S/C13H19ClN4O2/c1-13(2)7-18(5-8(6-19)20-13)12-10(14)9(11(15)16)3-4-17-12/h3-4,8,19H,5-7H2,1-2H3,(H3,15,16). The molecule has 1 aliphatic heterocycles. The maximum absolute atomic E-state index is 9.34. The molecule has 0 amide bonds. The molecule has 110 valence electrons. The highest BCUT2D eigenvalue weighted by molar-refractivity contribution is 6.36. The third-order valence-electron chi connectivity index (χ3n) is 3.15. The molecule has 0 aliphatic carbocycles. The molecule has 1 fully saturated rings. The van der Waals surface area contributed by atoms with Crippen LogP contribution in [0.4, 0.5) is 5.82 Å². The lowest BCUT2D eigenvalue weighted by Gasteiger charge is -2.43. The number of anilines is 1. The van der Waals surface area contributed by atoms with Gasteiger partial charge in [0.25, 0.3) is 0 Å². The van der Waals surface area contributed by atoms with Crippen molar-refractivity contribution in [3.63, 3.8) is 0 Å². The number of halogens is 1. The molecule has 0 bridgehead atoms. The van der Waals surface area contributed by atoms with E-state index in [4.69, 9.17) is 27.5 Å². The summed E-state index contributed by atoms with van der Waals surface area (Å²) in [6.45, 7) is 4.92. The van der Waals surface area contributed by atoms with Crippen molar-refractivity contribution >= 4 is 23.3 Å². The van der Waals surface area contributed by atoms with E-state index in [0.717, 1.165) is 0 Å². The predicted octanol–water partition coefficient (Wildman–Crippen LogP) is 0.995. The van der Waals surface area contributed by atoms with E-state index in [1.165, 1.54) is 0 Å². The normalized spacial score (nSPS) is 21.8. The number of hydrogen-bond acceptors (Lipinski definition) is 5. The van der Waals surface area contributed by atoms with Crippen LogP contribution in [0.3, 0.4) is 0 Å². The number of pyridine rings is 1. The first-order chi connectivity index (χ1) is 9.34. The van der Waals surface area contributed by atoms with Gasteiger partial charge in [0.1, 0.15) is 11.7 Å². The van der Waals surface area contributed by atoms with E-state index in [2.05, 4.69) is 4.98 Å². The molecule has 1 unspecified atom stereocenters. The first-order valence-electron chi connectivity index (χ1n) is 6.36. The Kier molecular flexibility index (Phi) is 4.17. The summed E-state index contributed by atoms with van der Waals surface area (Å²) in [5.41, 5.74) is 5.55. The highest BCUT2D eigenvalue weighted by Crippen LogP contribution is 2.31. The fraction of sp³-hybridized carbons (Fsp3) is 0.538. The molecule has 1 aliphatic rings. The zero-order chi connectivity index (χ0) is 14.9. The van der Waals surface area contributed by atoms with E-state index in [9.17, 15) is 5.11 Å². The van der Waals surface area contributed by atoms with Gasteiger partial charge in [-0.1, -0.05) is 11.6 Å². The average Bonchev–Trinajstić information content (AvgIpc) is 2.36. The number of morpholine rings is 1. The Labute approximate surface area is 123 Å². The van der Waals surface area contributed by atoms with Crippen molar-refractivity contribution in [1.82, 2.24) is 4.98 Å². The van der Waals surface area contributed by atoms with Crippen molar-refractivity contribution in [1.29, 1.82) is 5.41 Å². The van der Waals surface area contributed by atoms with Crippen LogP contribution in [0.1, 0.15) is 19.4 Å². The van der Waals surface area contributed by atoms with Crippen molar-refractivity contribution in [2.24, 2.45) is 5.73 Å². The van der Waals surface area contributed by atoms with Crippen LogP contribution in [0.15, 0.2) is 12.3 Å². The van der Waals surface area contributed by atoms with E-state index in [1.54, 1.807) is 12.3 Å². The summed E-state index contributed by atoms with van der Waals surface area (Å²) >= 11 is 6.29. The van der Waals surface area contributed by atoms with Crippen LogP contribution in [-0.2, 0) is 4.74 Å². The lowest BCUT2D eigenvalue weighted by Crippen LogP contribution is -2.54. The fourth-order valence-electron chi connectivity index (χ4n) is 2.41. The molecule has 1 aromatic rings. The van der Waals surface area contributed by atoms with Crippen molar-refractivity contribution in [3.05, 3.63) is 22.8 Å². The lowest BCUT2D eigenvalue weighted by molar-refractivity contribution is -0.101. The quantitative estimate of drug-likeness (QED) is 0.571. The minimum atomic E-state index is -0.414. The monoisotopic (exact) mass is 298 g/mol. The van der Waals surface area contributed by atoms with Gasteiger partial charge >= 0.3 is 0 Å². The molecule has 6 nitrogen and oxygen atoms in total. The Bertz CT molecular complexity index is 521. The topological polar surface area (TPSA) is 95.5 Å². The molecule has 2 heterocycles. The molecule has 0 aromatic carbocycles. The summed E-state index contributed by atoms with van der Waals surface area (Å²) in [7, 11) is 0. The van der Waals surface area contributed by atoms with Gasteiger partial charge in [-0.05, 0) is 19.9 Å². The molecule has 1 saturated heterocycles. The number of hydrogen-bond donors (Lipinski definition) is 3. The molecule has 1 aromatic heterocycles. The number of aliphatic hydroxyl groups excluding tert-OH is 1. The Balaban J connectivity index is 2.35. The van der Waals surface area contributed by atoms with Crippen molar-refractivity contribution < 1.29 is 9.84 Å². The van der Waals surface area contributed by atoms with Crippen molar-refractivity contribution in [3.8, 4) is 0 Å². The van der Waals surface area contributed by atoms with Crippen LogP contribution in [0.25, 0.3) is 0 Å². The Morgan fingerprint density at radius 1 is 1.70 bits per heavy atom. The molecular weight excluding hydrogens is 280 g/mol. The predicted molar refractivity (Wildman–Crippen MR) is 78.5 cm³/mol. The van der Waals surface area contributed by atoms with Gasteiger partial charge in [0.15, 0.2) is 0 Å². The highest BCUT2D eigenvalue weighted by atomic mass is 35.5. The summed E-state index contributed by atoms with van der Waals surface area (Å²) in [5, 5.41) is 17.2. The maximum atomic E-state index is 9.34. The summed E-state index contributed by atoms with van der Waals surface area (Å²) in [6.07, 6.45) is 1.28. The van der Waals surface area contributed by atoms with Gasteiger partial charge in [-0.2, -0.15) is 0 Å². The number of amidine groups is 1. The second kappa shape index (κ2) is 5.55. The number of ether oxygens (including phenoxy) is 1. The zero-order valence-electron chi connectivity index (χ0n) is 11.6. The summed E-state index contributed by atoms with van der Waals surface area (Å²) in [4.78, 5) is 6.24. The molecule has 0 spiro atoms. The van der Waals surface area contributed by atoms with Gasteiger partial charge in [0.05, 0.1) is 23.3 Å². The molecular formula is C13H19ClN4O2. The van der Waals surface area contributed by atoms with Gasteiger partial charge in [-0.25, -0.2) is 4.98 Å². The van der Waals surface area contributed by atoms with Gasteiger partial charge in [0.2, 0.25) is 0 Å². The molecule has 1 atom stereocenters. The zero-order valence-corrected chi connectivity index (χ0v) is 12.3. The first-order valence-corrected chi connectivity index (χ1v) is 6.74. The maximum Gasteiger partial charge on any atom is 0.148 e. The van der Waals surface area contributed by atoms with E-state index >= 15 is 0 Å². The van der Waals surface area contributed by atoms with Crippen LogP contribution in [0.2, 0.25) is 5.02 Å². The van der Waals surface area contributed by atoms with Crippen LogP contribution < -0.4 is 10.6 Å². The number of rotatable bonds is 3. The third kappa shape index (κ3) is 3.03. The highest BCUT2D eigenvalue weighted by Gasteiger charge is 2.34. The van der Waals surface area contributed by atoms with Crippen LogP contribution in [0, 0.1) is 5.41 Å². The van der Waals surface area contributed by atoms with Crippen molar-refractivity contribution in [2.75, 3.05) is 24.6 Å². The summed E-state index contributed by atoms with van der Waals surface area (Å²) < 4.78 is 5.76. The Morgan fingerprint density at radius 3 is 3.00 bits per heavy atom. The largest absolute Gasteiger partial charge is 0.394 e. The number of nitrogen functional groups attached to an aromatic ring is 1. The molecule has 7 heteroatoms. The molecule has 4 N–H and O–H groups in total. The molecule has 0 radical (unpaired) electrons. The molecule has 2 rings (SSSR count). The Hall–Kier alpha value is -1.37. The first kappa shape index (κ1) is 15.0. The second-order valence-electron chi connectivity index (χ2n) is 5.47. The summed E-state index contributed by atoms with van der Waals surface area (Å²) in [5.74, 6) is 0.471. The Morgan fingerprint density at radius 2 is 2.40 bits per heavy atom. The van der Waals surface area contributed by atoms with Gasteiger partial charge < -0.3 is 20.5 Å². The van der Waals surface area contributed by atoms with E-state index in [-0.39, 0.29) is 18.5 Å². The van der Waals surface area contributed by atoms with E-state index in [1.807, 2.05) is 18.7 Å². The molecule has 20 heavy (non-hydrogen) atoms. The van der Waals surface area contributed by atoms with Crippen LogP contribution >= 0.6 is 11.6 Å².